The van der Waals surface area contributed by atoms with Crippen molar-refractivity contribution in [2.24, 2.45) is 0 Å². The molecule has 0 spiro atoms. The van der Waals surface area contributed by atoms with E-state index in [0.29, 0.717) is 0 Å². The van der Waals surface area contributed by atoms with Crippen molar-refractivity contribution in [3.8, 4) is 0 Å². The monoisotopic (exact) mass is 443 g/mol. The molecule has 0 saturated heterocycles. The van der Waals surface area contributed by atoms with Gasteiger partial charge in [-0.3, -0.25) is 0 Å². The molecule has 0 amide bonds. The first-order valence-corrected chi connectivity index (χ1v) is 14.1. The summed E-state index contributed by atoms with van der Waals surface area (Å²) in [6.07, 6.45) is 0. The van der Waals surface area contributed by atoms with Gasteiger partial charge in [-0.1, -0.05) is 0 Å². The number of hydrogen-bond donors (Lipinski definition) is 9. The van der Waals surface area contributed by atoms with Crippen LogP contribution < -0.4 is 0 Å². The van der Waals surface area contributed by atoms with Crippen molar-refractivity contribution in [1.82, 2.24) is 4.90 Å². The Morgan fingerprint density at radius 2 is 0.727 bits per heavy atom. The van der Waals surface area contributed by atoms with Gasteiger partial charge in [0.2, 0.25) is 0 Å². The van der Waals surface area contributed by atoms with E-state index >= 15 is 0 Å². The predicted molar refractivity (Wildman–Crippen MR) is 54.3 cm³/mol. The van der Waals surface area contributed by atoms with Gasteiger partial charge in [0, 0.05) is 0 Å². The number of hydrogen-bond acceptors (Lipinski definition) is 13. The predicted octanol–water partition coefficient (Wildman–Crippen LogP) is -5.29. The van der Waals surface area contributed by atoms with Gasteiger partial charge in [0.1, 0.15) is 0 Å². The summed E-state index contributed by atoms with van der Waals surface area (Å²) in [7, 11) is 0. The quantitative estimate of drug-likeness (QED) is 0.129. The Labute approximate surface area is 141 Å². The van der Waals surface area contributed by atoms with Gasteiger partial charge in [0.25, 0.3) is 0 Å². The first-order chi connectivity index (χ1) is 9.79. The van der Waals surface area contributed by atoms with Crippen molar-refractivity contribution < 1.29 is 97.6 Å². The number of rotatable bonds is 12. The maximum absolute atomic E-state index is 8.72. The SMILES string of the molecule is [OH][Ti]([OH])([OH])[O]CCN(CC[O][Ti]([OH])([OH])[OH])CC[O][Ti]([OH])([OH])[OH]. The summed E-state index contributed by atoms with van der Waals surface area (Å²) < 4.78 is 91.7. The van der Waals surface area contributed by atoms with E-state index in [4.69, 9.17) is 33.2 Å². The summed E-state index contributed by atoms with van der Waals surface area (Å²) in [6.45, 7) is -0.782. The zero-order valence-corrected chi connectivity index (χ0v) is 16.1. The van der Waals surface area contributed by atoms with Crippen LogP contribution in [0.1, 0.15) is 0 Å². The second kappa shape index (κ2) is 10.6. The van der Waals surface area contributed by atoms with Crippen LogP contribution in [0, 0.1) is 0 Å². The van der Waals surface area contributed by atoms with E-state index in [9.17, 15) is 0 Å². The fourth-order valence-electron chi connectivity index (χ4n) is 1.27. The molecule has 0 aliphatic rings. The zero-order chi connectivity index (χ0) is 17.4. The van der Waals surface area contributed by atoms with Gasteiger partial charge in [-0.05, 0) is 0 Å². The van der Waals surface area contributed by atoms with Gasteiger partial charge in [-0.2, -0.15) is 0 Å². The molecule has 0 saturated carbocycles. The third kappa shape index (κ3) is 18.0. The second-order valence-electron chi connectivity index (χ2n) is 4.11. The molecule has 134 valence electrons. The molecule has 16 heteroatoms. The Morgan fingerprint density at radius 3 is 0.909 bits per heavy atom. The molecule has 9 N–H and O–H groups in total. The Balaban J connectivity index is 4.19. The van der Waals surface area contributed by atoms with Crippen LogP contribution in [0.25, 0.3) is 0 Å². The first kappa shape index (κ1) is 23.6. The average Bonchev–Trinajstić information content (AvgIpc) is 2.23. The minimum absolute atomic E-state index is 0.0198. The molecule has 0 aliphatic heterocycles. The van der Waals surface area contributed by atoms with Gasteiger partial charge in [-0.25, -0.2) is 0 Å². The van der Waals surface area contributed by atoms with E-state index in [1.165, 1.54) is 4.90 Å². The molecule has 13 nitrogen and oxygen atoms in total. The van der Waals surface area contributed by atoms with Gasteiger partial charge in [0.05, 0.1) is 0 Å². The van der Waals surface area contributed by atoms with Gasteiger partial charge >= 0.3 is 142 Å². The molecule has 0 aromatic rings. The van der Waals surface area contributed by atoms with E-state index in [-0.39, 0.29) is 39.5 Å². The van der Waals surface area contributed by atoms with Gasteiger partial charge in [-0.15, -0.1) is 0 Å². The van der Waals surface area contributed by atoms with E-state index in [1.807, 2.05) is 0 Å². The minimum atomic E-state index is -5.13. The molecule has 0 heterocycles. The molecule has 0 rings (SSSR count). The summed E-state index contributed by atoms with van der Waals surface area (Å²) >= 11 is -15.4. The van der Waals surface area contributed by atoms with Crippen molar-refractivity contribution >= 4 is 0 Å². The molecule has 22 heavy (non-hydrogen) atoms. The molecule has 0 aromatic heterocycles. The third-order valence-electron chi connectivity index (χ3n) is 2.11. The fourth-order valence-corrected chi connectivity index (χ4v) is 2.98. The summed E-state index contributed by atoms with van der Waals surface area (Å²) in [5, 5.41) is 0. The molecule has 0 unspecified atom stereocenters. The molecular weight excluding hydrogens is 422 g/mol. The van der Waals surface area contributed by atoms with Crippen molar-refractivity contribution in [2.45, 2.75) is 0 Å². The summed E-state index contributed by atoms with van der Waals surface area (Å²) in [6, 6.07) is 0. The van der Waals surface area contributed by atoms with Crippen LogP contribution in [-0.2, 0) is 64.4 Å². The van der Waals surface area contributed by atoms with Crippen LogP contribution in [0.15, 0.2) is 0 Å². The second-order valence-corrected chi connectivity index (χ2v) is 10.8. The first-order valence-electron chi connectivity index (χ1n) is 5.94. The average molecular weight is 443 g/mol. The Hall–Kier alpha value is 1.62. The fraction of sp³-hybridized carbons (Fsp3) is 1.00. The van der Waals surface area contributed by atoms with Crippen LogP contribution in [0.3, 0.4) is 0 Å². The van der Waals surface area contributed by atoms with Crippen LogP contribution >= 0.6 is 0 Å². The van der Waals surface area contributed by atoms with Crippen molar-refractivity contribution in [3.63, 3.8) is 0 Å². The Bertz CT molecular complexity index is 253. The molecule has 0 aliphatic carbocycles. The van der Waals surface area contributed by atoms with E-state index in [2.05, 4.69) is 9.96 Å². The summed E-state index contributed by atoms with van der Waals surface area (Å²) in [5.41, 5.74) is 0. The molecule has 0 bridgehead atoms. The zero-order valence-electron chi connectivity index (χ0n) is 11.4. The molecule has 0 radical (unpaired) electrons. The van der Waals surface area contributed by atoms with Crippen molar-refractivity contribution in [2.75, 3.05) is 39.5 Å². The normalized spacial score (nSPS) is 13.9. The Kier molecular flexibility index (Phi) is 11.4. The van der Waals surface area contributed by atoms with Crippen molar-refractivity contribution in [1.29, 1.82) is 0 Å². The van der Waals surface area contributed by atoms with Crippen molar-refractivity contribution in [3.05, 3.63) is 0 Å². The molecule has 0 aromatic carbocycles. The van der Waals surface area contributed by atoms with Gasteiger partial charge in [0.15, 0.2) is 0 Å². The van der Waals surface area contributed by atoms with E-state index < -0.39 is 54.4 Å². The molecule has 0 fully saturated rings. The summed E-state index contributed by atoms with van der Waals surface area (Å²) in [5.74, 6) is 0. The standard InChI is InChI=1S/C6H12NO3.9H2O.3Ti/c8-4-1-7(2-5-9)3-6-10;;;;;;;;;;;;/h1-6H2;9*1H2;;;/q-3;;;;;;;;;;3*+4/p-9. The van der Waals surface area contributed by atoms with E-state index in [0.717, 1.165) is 0 Å². The van der Waals surface area contributed by atoms with Crippen LogP contribution in [0.2, 0.25) is 0 Å². The topological polar surface area (TPSA) is 213 Å². The van der Waals surface area contributed by atoms with E-state index in [1.54, 1.807) is 0 Å². The maximum atomic E-state index is 8.72. The Morgan fingerprint density at radius 1 is 0.500 bits per heavy atom. The van der Waals surface area contributed by atoms with Crippen LogP contribution in [-0.4, -0.2) is 77.5 Å². The van der Waals surface area contributed by atoms with Crippen LogP contribution in [0.5, 0.6) is 0 Å². The van der Waals surface area contributed by atoms with Gasteiger partial charge < -0.3 is 0 Å². The number of nitrogens with zero attached hydrogens (tertiary/aromatic N) is 1. The molecular formula is C6H21NO12Ti3. The third-order valence-corrected chi connectivity index (χ3v) is 4.88. The molecule has 0 atom stereocenters. The summed E-state index contributed by atoms with van der Waals surface area (Å²) in [4.78, 5) is 1.44. The van der Waals surface area contributed by atoms with Crippen LogP contribution in [0.4, 0.5) is 0 Å².